The van der Waals surface area contributed by atoms with Crippen LogP contribution in [0, 0.1) is 0 Å². The quantitative estimate of drug-likeness (QED) is 0.623. The van der Waals surface area contributed by atoms with Crippen molar-refractivity contribution in [3.63, 3.8) is 0 Å². The zero-order valence-corrected chi connectivity index (χ0v) is 13.8. The normalized spacial score (nSPS) is 16.0. The van der Waals surface area contributed by atoms with Crippen LogP contribution in [0.5, 0.6) is 5.75 Å². The second-order valence-electron chi connectivity index (χ2n) is 5.91. The maximum absolute atomic E-state index is 12.1. The largest absolute Gasteiger partial charge is 0.507 e. The van der Waals surface area contributed by atoms with E-state index in [0.717, 1.165) is 5.56 Å². The van der Waals surface area contributed by atoms with Gasteiger partial charge in [-0.1, -0.05) is 6.07 Å². The lowest BCUT2D eigenvalue weighted by molar-refractivity contribution is -0.116. The van der Waals surface area contributed by atoms with Crippen LogP contribution in [-0.4, -0.2) is 34.3 Å². The van der Waals surface area contributed by atoms with Gasteiger partial charge >= 0.3 is 5.97 Å². The number of furan rings is 1. The molecular formula is C18H15N3O5. The number of fused-ring (bicyclic) bond motifs is 1. The summed E-state index contributed by atoms with van der Waals surface area (Å²) in [6.07, 6.45) is 1.72. The van der Waals surface area contributed by atoms with Crippen LogP contribution in [0.25, 0.3) is 11.5 Å². The number of phenolic OH excluding ortho intramolecular Hbond substituents is 1. The van der Waals surface area contributed by atoms with Crippen molar-refractivity contribution in [2.75, 3.05) is 12.4 Å². The van der Waals surface area contributed by atoms with Crippen molar-refractivity contribution in [1.29, 1.82) is 0 Å². The van der Waals surface area contributed by atoms with E-state index in [1.165, 1.54) is 19.2 Å². The van der Waals surface area contributed by atoms with Crippen LogP contribution in [0.4, 0.5) is 5.82 Å². The first-order valence-corrected chi connectivity index (χ1v) is 7.91. The van der Waals surface area contributed by atoms with Crippen LogP contribution in [0.3, 0.4) is 0 Å². The molecule has 2 aromatic heterocycles. The molecule has 0 aliphatic carbocycles. The first kappa shape index (κ1) is 15.9. The number of hydrogen-bond acceptors (Lipinski definition) is 6. The Bertz CT molecular complexity index is 990. The van der Waals surface area contributed by atoms with Gasteiger partial charge < -0.3 is 19.6 Å². The van der Waals surface area contributed by atoms with E-state index in [-0.39, 0.29) is 29.6 Å². The Kier molecular flexibility index (Phi) is 3.72. The summed E-state index contributed by atoms with van der Waals surface area (Å²) in [7, 11) is 1.24. The molecule has 8 heteroatoms. The molecule has 8 nitrogen and oxygen atoms in total. The van der Waals surface area contributed by atoms with Crippen LogP contribution in [0.1, 0.15) is 33.8 Å². The van der Waals surface area contributed by atoms with E-state index in [4.69, 9.17) is 9.15 Å². The first-order valence-electron chi connectivity index (χ1n) is 7.91. The Morgan fingerprint density at radius 3 is 2.96 bits per heavy atom. The maximum atomic E-state index is 12.1. The van der Waals surface area contributed by atoms with Crippen LogP contribution in [0.15, 0.2) is 41.0 Å². The summed E-state index contributed by atoms with van der Waals surface area (Å²) in [5.74, 6) is -0.366. The number of carbonyl (C=O) groups is 2. The van der Waals surface area contributed by atoms with E-state index in [9.17, 15) is 14.7 Å². The van der Waals surface area contributed by atoms with Gasteiger partial charge in [0.25, 0.3) is 0 Å². The highest BCUT2D eigenvalue weighted by molar-refractivity contribution is 5.96. The van der Waals surface area contributed by atoms with E-state index in [1.54, 1.807) is 24.5 Å². The van der Waals surface area contributed by atoms with E-state index >= 15 is 0 Å². The maximum Gasteiger partial charge on any atom is 0.341 e. The fraction of sp³-hybridized carbons (Fsp3) is 0.167. The summed E-state index contributed by atoms with van der Waals surface area (Å²) in [4.78, 5) is 24.0. The zero-order chi connectivity index (χ0) is 18.3. The number of benzene rings is 1. The van der Waals surface area contributed by atoms with Gasteiger partial charge in [0.15, 0.2) is 11.6 Å². The topological polar surface area (TPSA) is 117 Å². The lowest BCUT2D eigenvalue weighted by Crippen LogP contribution is -2.23. The molecule has 1 aliphatic heterocycles. The van der Waals surface area contributed by atoms with E-state index in [2.05, 4.69) is 15.5 Å². The molecule has 1 unspecified atom stereocenters. The smallest absolute Gasteiger partial charge is 0.341 e. The van der Waals surface area contributed by atoms with Crippen LogP contribution >= 0.6 is 0 Å². The summed E-state index contributed by atoms with van der Waals surface area (Å²) in [6, 6.07) is 8.17. The zero-order valence-electron chi connectivity index (χ0n) is 13.8. The average Bonchev–Trinajstić information content (AvgIpc) is 3.30. The highest BCUT2D eigenvalue weighted by Crippen LogP contribution is 2.42. The van der Waals surface area contributed by atoms with Gasteiger partial charge in [-0.25, -0.2) is 4.79 Å². The summed E-state index contributed by atoms with van der Waals surface area (Å²) < 4.78 is 10.2. The molecule has 3 aromatic rings. The Morgan fingerprint density at radius 1 is 1.38 bits per heavy atom. The summed E-state index contributed by atoms with van der Waals surface area (Å²) in [5.41, 5.74) is 2.15. The van der Waals surface area contributed by atoms with Gasteiger partial charge in [0.1, 0.15) is 17.0 Å². The number of aromatic hydroxyl groups is 1. The Hall–Kier alpha value is -3.55. The van der Waals surface area contributed by atoms with Gasteiger partial charge in [-0.3, -0.25) is 9.89 Å². The predicted octanol–water partition coefficient (Wildman–Crippen LogP) is 2.64. The second-order valence-corrected chi connectivity index (χ2v) is 5.91. The van der Waals surface area contributed by atoms with Crippen molar-refractivity contribution < 1.29 is 23.8 Å². The number of phenols is 1. The average molecular weight is 353 g/mol. The molecule has 1 aromatic carbocycles. The third kappa shape index (κ3) is 2.52. The van der Waals surface area contributed by atoms with Crippen LogP contribution < -0.4 is 5.32 Å². The molecule has 0 radical (unpaired) electrons. The van der Waals surface area contributed by atoms with Crippen molar-refractivity contribution in [2.24, 2.45) is 0 Å². The van der Waals surface area contributed by atoms with Crippen molar-refractivity contribution in [3.05, 3.63) is 53.3 Å². The van der Waals surface area contributed by atoms with Gasteiger partial charge in [0, 0.05) is 17.9 Å². The van der Waals surface area contributed by atoms with Crippen molar-refractivity contribution in [3.8, 4) is 17.2 Å². The van der Waals surface area contributed by atoms with Gasteiger partial charge in [0.2, 0.25) is 5.91 Å². The predicted molar refractivity (Wildman–Crippen MR) is 90.8 cm³/mol. The summed E-state index contributed by atoms with van der Waals surface area (Å²) >= 11 is 0. The number of aromatic nitrogens is 2. The Morgan fingerprint density at radius 2 is 2.23 bits per heavy atom. The number of hydrogen-bond donors (Lipinski definition) is 3. The number of methoxy groups -OCH3 is 1. The number of ether oxygens (including phenoxy) is 1. The standard InChI is InChI=1S/C18H15N3O5/c1-25-18(24)11-7-9(4-5-12(11)22)10-8-14(23)19-17-15(10)16(20-21-17)13-3-2-6-26-13/h2-7,10,22H,8H2,1H3,(H2,19,20,21,23). The van der Waals surface area contributed by atoms with Crippen molar-refractivity contribution in [1.82, 2.24) is 10.2 Å². The lowest BCUT2D eigenvalue weighted by atomic mass is 9.84. The number of aromatic amines is 1. The fourth-order valence-corrected chi connectivity index (χ4v) is 3.19. The Balaban J connectivity index is 1.85. The molecular weight excluding hydrogens is 338 g/mol. The lowest BCUT2D eigenvalue weighted by Gasteiger charge is -2.23. The number of amides is 1. The minimum absolute atomic E-state index is 0.0422. The number of nitrogens with one attached hydrogen (secondary N) is 2. The molecule has 0 fully saturated rings. The molecule has 1 aliphatic rings. The number of nitrogens with zero attached hydrogens (tertiary/aromatic N) is 1. The number of anilines is 1. The van der Waals surface area contributed by atoms with Gasteiger partial charge in [-0.15, -0.1) is 0 Å². The molecule has 0 saturated heterocycles. The molecule has 3 N–H and O–H groups in total. The van der Waals surface area contributed by atoms with Crippen LogP contribution in [0.2, 0.25) is 0 Å². The van der Waals surface area contributed by atoms with Gasteiger partial charge in [0.05, 0.1) is 13.4 Å². The third-order valence-electron chi connectivity index (χ3n) is 4.40. The monoisotopic (exact) mass is 353 g/mol. The molecule has 0 spiro atoms. The molecule has 3 heterocycles. The molecule has 26 heavy (non-hydrogen) atoms. The highest BCUT2D eigenvalue weighted by Gasteiger charge is 2.33. The van der Waals surface area contributed by atoms with Crippen LogP contribution in [-0.2, 0) is 9.53 Å². The van der Waals surface area contributed by atoms with E-state index in [0.29, 0.717) is 22.8 Å². The van der Waals surface area contributed by atoms with Crippen molar-refractivity contribution in [2.45, 2.75) is 12.3 Å². The SMILES string of the molecule is COC(=O)c1cc(C2CC(=O)Nc3n[nH]c(-c4ccco4)c32)ccc1O. The molecule has 132 valence electrons. The molecule has 1 atom stereocenters. The third-order valence-corrected chi connectivity index (χ3v) is 4.40. The first-order chi connectivity index (χ1) is 12.6. The van der Waals surface area contributed by atoms with E-state index in [1.807, 2.05) is 0 Å². The van der Waals surface area contributed by atoms with E-state index < -0.39 is 5.97 Å². The number of rotatable bonds is 3. The minimum Gasteiger partial charge on any atom is -0.507 e. The molecule has 4 rings (SSSR count). The van der Waals surface area contributed by atoms with Crippen molar-refractivity contribution >= 4 is 17.7 Å². The minimum atomic E-state index is -0.650. The molecule has 0 bridgehead atoms. The highest BCUT2D eigenvalue weighted by atomic mass is 16.5. The number of carbonyl (C=O) groups excluding carboxylic acids is 2. The Labute approximate surface area is 147 Å². The number of esters is 1. The fourth-order valence-electron chi connectivity index (χ4n) is 3.19. The summed E-state index contributed by atoms with van der Waals surface area (Å²) in [6.45, 7) is 0. The number of H-pyrrole nitrogens is 1. The summed E-state index contributed by atoms with van der Waals surface area (Å²) in [5, 5.41) is 19.7. The second kappa shape index (κ2) is 6.07. The van der Waals surface area contributed by atoms with Gasteiger partial charge in [-0.2, -0.15) is 5.10 Å². The molecule has 0 saturated carbocycles. The molecule has 1 amide bonds. The van der Waals surface area contributed by atoms with Gasteiger partial charge in [-0.05, 0) is 29.8 Å².